The summed E-state index contributed by atoms with van der Waals surface area (Å²) in [5, 5.41) is 3.14. The first kappa shape index (κ1) is 14.3. The van der Waals surface area contributed by atoms with Gasteiger partial charge in [-0.15, -0.1) is 0 Å². The molecular formula is C13H21N3O2. The topological polar surface area (TPSA) is 77.2 Å². The first-order chi connectivity index (χ1) is 8.35. The van der Waals surface area contributed by atoms with Gasteiger partial charge in [0.05, 0.1) is 18.4 Å². The minimum absolute atomic E-state index is 0.238. The molecule has 0 fully saturated rings. The number of nitrogens with two attached hydrogens (primary N) is 1. The van der Waals surface area contributed by atoms with Crippen molar-refractivity contribution in [2.75, 3.05) is 24.7 Å². The molecule has 0 unspecified atom stereocenters. The normalized spacial score (nSPS) is 11.1. The van der Waals surface area contributed by atoms with Crippen LogP contribution in [-0.2, 0) is 4.74 Å². The van der Waals surface area contributed by atoms with E-state index in [9.17, 15) is 4.79 Å². The molecule has 5 nitrogen and oxygen atoms in total. The SMILES string of the molecule is COC(=O)c1ccnc(NCCC(C)(C)C)c1N. The number of methoxy groups -OCH3 is 1. The molecule has 0 radical (unpaired) electrons. The summed E-state index contributed by atoms with van der Waals surface area (Å²) < 4.78 is 4.66. The van der Waals surface area contributed by atoms with E-state index >= 15 is 0 Å². The number of rotatable bonds is 4. The molecule has 1 heterocycles. The smallest absolute Gasteiger partial charge is 0.340 e. The van der Waals surface area contributed by atoms with Gasteiger partial charge in [-0.25, -0.2) is 9.78 Å². The predicted molar refractivity (Wildman–Crippen MR) is 72.6 cm³/mol. The van der Waals surface area contributed by atoms with Gasteiger partial charge in [-0.2, -0.15) is 0 Å². The van der Waals surface area contributed by atoms with Crippen molar-refractivity contribution in [1.82, 2.24) is 4.98 Å². The Morgan fingerprint density at radius 3 is 2.72 bits per heavy atom. The number of aromatic nitrogens is 1. The Morgan fingerprint density at radius 1 is 1.50 bits per heavy atom. The third-order valence-corrected chi connectivity index (χ3v) is 2.56. The molecule has 1 aromatic rings. The van der Waals surface area contributed by atoms with E-state index < -0.39 is 5.97 Å². The molecule has 1 aromatic heterocycles. The lowest BCUT2D eigenvalue weighted by Crippen LogP contribution is -2.15. The van der Waals surface area contributed by atoms with E-state index in [1.807, 2.05) is 0 Å². The van der Waals surface area contributed by atoms with Crippen LogP contribution in [0.2, 0.25) is 0 Å². The van der Waals surface area contributed by atoms with Gasteiger partial charge in [0.25, 0.3) is 0 Å². The van der Waals surface area contributed by atoms with Crippen LogP contribution in [-0.4, -0.2) is 24.6 Å². The van der Waals surface area contributed by atoms with Gasteiger partial charge in [0.2, 0.25) is 0 Å². The van der Waals surface area contributed by atoms with Crippen molar-refractivity contribution >= 4 is 17.5 Å². The van der Waals surface area contributed by atoms with Gasteiger partial charge < -0.3 is 15.8 Å². The maximum atomic E-state index is 11.5. The molecule has 100 valence electrons. The van der Waals surface area contributed by atoms with E-state index in [4.69, 9.17) is 5.73 Å². The predicted octanol–water partition coefficient (Wildman–Crippen LogP) is 2.30. The minimum atomic E-state index is -0.450. The van der Waals surface area contributed by atoms with Crippen LogP contribution in [0.4, 0.5) is 11.5 Å². The van der Waals surface area contributed by atoms with Gasteiger partial charge in [-0.1, -0.05) is 20.8 Å². The Labute approximate surface area is 108 Å². The average Bonchev–Trinajstić information content (AvgIpc) is 2.29. The maximum Gasteiger partial charge on any atom is 0.340 e. The number of hydrogen-bond acceptors (Lipinski definition) is 5. The molecule has 5 heteroatoms. The van der Waals surface area contributed by atoms with Crippen molar-refractivity contribution in [2.24, 2.45) is 5.41 Å². The molecule has 3 N–H and O–H groups in total. The van der Waals surface area contributed by atoms with E-state index in [2.05, 4.69) is 35.8 Å². The third kappa shape index (κ3) is 3.91. The fourth-order valence-electron chi connectivity index (χ4n) is 1.46. The Bertz CT molecular complexity index is 425. The largest absolute Gasteiger partial charge is 0.465 e. The van der Waals surface area contributed by atoms with E-state index in [0.29, 0.717) is 17.1 Å². The van der Waals surface area contributed by atoms with Crippen LogP contribution in [0.5, 0.6) is 0 Å². The number of nitrogens with zero attached hydrogens (tertiary/aromatic N) is 1. The number of nitrogens with one attached hydrogen (secondary N) is 1. The second kappa shape index (κ2) is 5.71. The first-order valence-electron chi connectivity index (χ1n) is 5.92. The highest BCUT2D eigenvalue weighted by molar-refractivity contribution is 5.97. The van der Waals surface area contributed by atoms with Crippen LogP contribution < -0.4 is 11.1 Å². The van der Waals surface area contributed by atoms with Gasteiger partial charge in [0.1, 0.15) is 5.82 Å². The number of esters is 1. The summed E-state index contributed by atoms with van der Waals surface area (Å²) in [5.74, 6) is 0.0796. The molecule has 0 spiro atoms. The Morgan fingerprint density at radius 2 is 2.17 bits per heavy atom. The number of hydrogen-bond donors (Lipinski definition) is 2. The number of anilines is 2. The fourth-order valence-corrected chi connectivity index (χ4v) is 1.46. The molecule has 1 rings (SSSR count). The highest BCUT2D eigenvalue weighted by Crippen LogP contribution is 2.22. The van der Waals surface area contributed by atoms with Crippen molar-refractivity contribution in [3.63, 3.8) is 0 Å². The molecule has 0 atom stereocenters. The zero-order valence-corrected chi connectivity index (χ0v) is 11.4. The van der Waals surface area contributed by atoms with E-state index in [1.54, 1.807) is 12.3 Å². The van der Waals surface area contributed by atoms with Gasteiger partial charge in [-0.3, -0.25) is 0 Å². The van der Waals surface area contributed by atoms with E-state index in [0.717, 1.165) is 13.0 Å². The summed E-state index contributed by atoms with van der Waals surface area (Å²) in [6.45, 7) is 7.24. The third-order valence-electron chi connectivity index (χ3n) is 2.56. The van der Waals surface area contributed by atoms with Crippen LogP contribution >= 0.6 is 0 Å². The number of carbonyl (C=O) groups is 1. The van der Waals surface area contributed by atoms with Crippen molar-refractivity contribution in [1.29, 1.82) is 0 Å². The standard InChI is InChI=1S/C13H21N3O2/c1-13(2,3)6-8-16-11-10(14)9(5-7-15-11)12(17)18-4/h5,7H,6,8,14H2,1-4H3,(H,15,16). The van der Waals surface area contributed by atoms with Crippen molar-refractivity contribution < 1.29 is 9.53 Å². The Hall–Kier alpha value is -1.78. The van der Waals surface area contributed by atoms with Gasteiger partial charge in [0, 0.05) is 12.7 Å². The van der Waals surface area contributed by atoms with Crippen LogP contribution in [0.3, 0.4) is 0 Å². The minimum Gasteiger partial charge on any atom is -0.465 e. The lowest BCUT2D eigenvalue weighted by molar-refractivity contribution is 0.0602. The number of carbonyl (C=O) groups excluding carboxylic acids is 1. The van der Waals surface area contributed by atoms with E-state index in [-0.39, 0.29) is 5.41 Å². The molecule has 0 saturated carbocycles. The van der Waals surface area contributed by atoms with Crippen LogP contribution in [0.1, 0.15) is 37.6 Å². The molecule has 0 amide bonds. The molecule has 0 aliphatic carbocycles. The zero-order chi connectivity index (χ0) is 13.8. The molecule has 18 heavy (non-hydrogen) atoms. The second-order valence-electron chi connectivity index (χ2n) is 5.35. The van der Waals surface area contributed by atoms with Crippen molar-refractivity contribution in [3.05, 3.63) is 17.8 Å². The van der Waals surface area contributed by atoms with Crippen molar-refractivity contribution in [3.8, 4) is 0 Å². The van der Waals surface area contributed by atoms with Gasteiger partial charge in [0.15, 0.2) is 0 Å². The molecule has 0 aliphatic rings. The summed E-state index contributed by atoms with van der Waals surface area (Å²) in [4.78, 5) is 15.6. The maximum absolute atomic E-state index is 11.5. The summed E-state index contributed by atoms with van der Waals surface area (Å²) >= 11 is 0. The Kier molecular flexibility index (Phi) is 4.53. The quantitative estimate of drug-likeness (QED) is 0.803. The fraction of sp³-hybridized carbons (Fsp3) is 0.538. The number of pyridine rings is 1. The number of ether oxygens (including phenoxy) is 1. The van der Waals surface area contributed by atoms with E-state index in [1.165, 1.54) is 7.11 Å². The monoisotopic (exact) mass is 251 g/mol. The Balaban J connectivity index is 2.75. The summed E-state index contributed by atoms with van der Waals surface area (Å²) in [5.41, 5.74) is 6.79. The van der Waals surface area contributed by atoms with Crippen LogP contribution in [0, 0.1) is 5.41 Å². The zero-order valence-electron chi connectivity index (χ0n) is 11.4. The summed E-state index contributed by atoms with van der Waals surface area (Å²) in [6.07, 6.45) is 2.53. The molecular weight excluding hydrogens is 230 g/mol. The summed E-state index contributed by atoms with van der Waals surface area (Å²) in [7, 11) is 1.33. The molecule has 0 saturated heterocycles. The highest BCUT2D eigenvalue weighted by Gasteiger charge is 2.14. The molecule has 0 aliphatic heterocycles. The lowest BCUT2D eigenvalue weighted by atomic mass is 9.92. The van der Waals surface area contributed by atoms with Gasteiger partial charge in [-0.05, 0) is 17.9 Å². The second-order valence-corrected chi connectivity index (χ2v) is 5.35. The highest BCUT2D eigenvalue weighted by atomic mass is 16.5. The van der Waals surface area contributed by atoms with Crippen LogP contribution in [0.25, 0.3) is 0 Å². The molecule has 0 bridgehead atoms. The first-order valence-corrected chi connectivity index (χ1v) is 5.92. The molecule has 0 aromatic carbocycles. The number of nitrogen functional groups attached to an aromatic ring is 1. The van der Waals surface area contributed by atoms with Crippen molar-refractivity contribution in [2.45, 2.75) is 27.2 Å². The van der Waals surface area contributed by atoms with Crippen LogP contribution in [0.15, 0.2) is 12.3 Å². The average molecular weight is 251 g/mol. The van der Waals surface area contributed by atoms with Gasteiger partial charge >= 0.3 is 5.97 Å². The summed E-state index contributed by atoms with van der Waals surface area (Å²) in [6, 6.07) is 1.55. The lowest BCUT2D eigenvalue weighted by Gasteiger charge is -2.19.